The third-order valence-corrected chi connectivity index (χ3v) is 2.06. The van der Waals surface area contributed by atoms with Crippen LogP contribution in [0.15, 0.2) is 0 Å². The predicted molar refractivity (Wildman–Crippen MR) is 62.0 cm³/mol. The molecular weight excluding hydrogens is 208 g/mol. The van der Waals surface area contributed by atoms with Crippen molar-refractivity contribution in [3.8, 4) is 0 Å². The Kier molecular flexibility index (Phi) is 8.52. The molecule has 0 radical (unpaired) electrons. The second-order valence-corrected chi connectivity index (χ2v) is 3.44. The topological polar surface area (TPSA) is 67.4 Å². The highest BCUT2D eigenvalue weighted by atomic mass is 16.5. The molecule has 1 amide bonds. The summed E-state index contributed by atoms with van der Waals surface area (Å²) in [7, 11) is 0. The van der Waals surface area contributed by atoms with Crippen molar-refractivity contribution in [1.82, 2.24) is 10.6 Å². The Morgan fingerprint density at radius 3 is 2.44 bits per heavy atom. The molecule has 0 aromatic rings. The maximum atomic E-state index is 11.4. The van der Waals surface area contributed by atoms with Crippen LogP contribution in [0.3, 0.4) is 0 Å². The van der Waals surface area contributed by atoms with Gasteiger partial charge < -0.3 is 10.1 Å². The maximum Gasteiger partial charge on any atom is 0.323 e. The standard InChI is InChI=1S/C11H22N2O3/c1-4-7-12-10(14)8-13-9(5-2)11(15)16-6-3/h9,13H,4-8H2,1-3H3,(H,12,14). The van der Waals surface area contributed by atoms with Gasteiger partial charge in [-0.3, -0.25) is 14.9 Å². The molecule has 0 saturated heterocycles. The molecule has 0 heterocycles. The average molecular weight is 230 g/mol. The van der Waals surface area contributed by atoms with E-state index in [1.165, 1.54) is 0 Å². The maximum absolute atomic E-state index is 11.4. The predicted octanol–water partition coefficient (Wildman–Crippen LogP) is 0.444. The van der Waals surface area contributed by atoms with E-state index < -0.39 is 6.04 Å². The van der Waals surface area contributed by atoms with E-state index in [-0.39, 0.29) is 18.4 Å². The van der Waals surface area contributed by atoms with Crippen molar-refractivity contribution in [1.29, 1.82) is 0 Å². The minimum Gasteiger partial charge on any atom is -0.465 e. The van der Waals surface area contributed by atoms with Crippen molar-refractivity contribution in [3.05, 3.63) is 0 Å². The average Bonchev–Trinajstić information content (AvgIpc) is 2.27. The van der Waals surface area contributed by atoms with Crippen LogP contribution in [0.5, 0.6) is 0 Å². The number of rotatable bonds is 8. The van der Waals surface area contributed by atoms with Gasteiger partial charge in [-0.1, -0.05) is 13.8 Å². The fourth-order valence-electron chi connectivity index (χ4n) is 1.18. The zero-order valence-electron chi connectivity index (χ0n) is 10.3. The number of amides is 1. The molecule has 5 nitrogen and oxygen atoms in total. The summed E-state index contributed by atoms with van der Waals surface area (Å²) in [5.41, 5.74) is 0. The molecule has 0 bridgehead atoms. The third kappa shape index (κ3) is 6.40. The molecular formula is C11H22N2O3. The Balaban J connectivity index is 3.85. The minimum absolute atomic E-state index is 0.0930. The fraction of sp³-hybridized carbons (Fsp3) is 0.818. The van der Waals surface area contributed by atoms with Gasteiger partial charge in [0, 0.05) is 6.54 Å². The molecule has 16 heavy (non-hydrogen) atoms. The van der Waals surface area contributed by atoms with Crippen LogP contribution in [-0.2, 0) is 14.3 Å². The monoisotopic (exact) mass is 230 g/mol. The molecule has 0 aliphatic heterocycles. The minimum atomic E-state index is -0.396. The first-order valence-corrected chi connectivity index (χ1v) is 5.82. The first kappa shape index (κ1) is 14.9. The van der Waals surface area contributed by atoms with Gasteiger partial charge in [-0.05, 0) is 19.8 Å². The van der Waals surface area contributed by atoms with Crippen molar-refractivity contribution in [2.75, 3.05) is 19.7 Å². The fourth-order valence-corrected chi connectivity index (χ4v) is 1.18. The molecule has 0 aliphatic rings. The smallest absolute Gasteiger partial charge is 0.323 e. The highest BCUT2D eigenvalue weighted by Crippen LogP contribution is 1.94. The lowest BCUT2D eigenvalue weighted by Crippen LogP contribution is -2.43. The van der Waals surface area contributed by atoms with E-state index in [1.807, 2.05) is 13.8 Å². The molecule has 0 fully saturated rings. The summed E-state index contributed by atoms with van der Waals surface area (Å²) < 4.78 is 4.88. The second kappa shape index (κ2) is 9.15. The largest absolute Gasteiger partial charge is 0.465 e. The van der Waals surface area contributed by atoms with Gasteiger partial charge in [0.1, 0.15) is 6.04 Å². The number of ether oxygens (including phenoxy) is 1. The van der Waals surface area contributed by atoms with Crippen LogP contribution in [0.1, 0.15) is 33.6 Å². The summed E-state index contributed by atoms with van der Waals surface area (Å²) in [6.07, 6.45) is 1.51. The van der Waals surface area contributed by atoms with Crippen molar-refractivity contribution in [2.24, 2.45) is 0 Å². The highest BCUT2D eigenvalue weighted by Gasteiger charge is 2.17. The molecule has 0 aromatic carbocycles. The summed E-state index contributed by atoms with van der Waals surface area (Å²) in [5, 5.41) is 5.61. The zero-order chi connectivity index (χ0) is 12.4. The van der Waals surface area contributed by atoms with E-state index in [4.69, 9.17) is 4.74 Å². The van der Waals surface area contributed by atoms with Crippen LogP contribution in [0.4, 0.5) is 0 Å². The number of carbonyl (C=O) groups excluding carboxylic acids is 2. The Morgan fingerprint density at radius 2 is 1.94 bits per heavy atom. The molecule has 1 unspecified atom stereocenters. The van der Waals surface area contributed by atoms with Crippen LogP contribution in [0.2, 0.25) is 0 Å². The van der Waals surface area contributed by atoms with E-state index in [9.17, 15) is 9.59 Å². The summed E-state index contributed by atoms with van der Waals surface area (Å²) >= 11 is 0. The summed E-state index contributed by atoms with van der Waals surface area (Å²) in [6, 6.07) is -0.396. The van der Waals surface area contributed by atoms with Crippen molar-refractivity contribution >= 4 is 11.9 Å². The molecule has 0 spiro atoms. The van der Waals surface area contributed by atoms with Gasteiger partial charge in [0.05, 0.1) is 13.2 Å². The number of esters is 1. The highest BCUT2D eigenvalue weighted by molar-refractivity contribution is 5.80. The van der Waals surface area contributed by atoms with Gasteiger partial charge in [0.15, 0.2) is 0 Å². The molecule has 0 rings (SSSR count). The third-order valence-electron chi connectivity index (χ3n) is 2.06. The normalized spacial score (nSPS) is 11.9. The van der Waals surface area contributed by atoms with E-state index in [0.29, 0.717) is 19.6 Å². The van der Waals surface area contributed by atoms with Crippen LogP contribution in [0.25, 0.3) is 0 Å². The molecule has 0 saturated carbocycles. The first-order valence-electron chi connectivity index (χ1n) is 5.82. The van der Waals surface area contributed by atoms with Crippen LogP contribution >= 0.6 is 0 Å². The molecule has 2 N–H and O–H groups in total. The summed E-state index contributed by atoms with van der Waals surface area (Å²) in [6.45, 7) is 6.80. The van der Waals surface area contributed by atoms with Crippen LogP contribution in [-0.4, -0.2) is 37.6 Å². The van der Waals surface area contributed by atoms with E-state index >= 15 is 0 Å². The first-order chi connectivity index (χ1) is 7.65. The van der Waals surface area contributed by atoms with Gasteiger partial charge in [-0.2, -0.15) is 0 Å². The zero-order valence-corrected chi connectivity index (χ0v) is 10.3. The Bertz CT molecular complexity index is 219. The number of nitrogens with one attached hydrogen (secondary N) is 2. The second-order valence-electron chi connectivity index (χ2n) is 3.44. The molecule has 1 atom stereocenters. The van der Waals surface area contributed by atoms with Gasteiger partial charge in [0.2, 0.25) is 5.91 Å². The lowest BCUT2D eigenvalue weighted by Gasteiger charge is -2.14. The Labute approximate surface area is 96.9 Å². The Morgan fingerprint density at radius 1 is 1.25 bits per heavy atom. The lowest BCUT2D eigenvalue weighted by molar-refractivity contribution is -0.145. The lowest BCUT2D eigenvalue weighted by atomic mass is 10.2. The van der Waals surface area contributed by atoms with Crippen LogP contribution in [0, 0.1) is 0 Å². The van der Waals surface area contributed by atoms with Crippen molar-refractivity contribution in [2.45, 2.75) is 39.7 Å². The van der Waals surface area contributed by atoms with Crippen molar-refractivity contribution < 1.29 is 14.3 Å². The molecule has 0 aliphatic carbocycles. The Hall–Kier alpha value is -1.10. The van der Waals surface area contributed by atoms with Gasteiger partial charge >= 0.3 is 5.97 Å². The quantitative estimate of drug-likeness (QED) is 0.594. The van der Waals surface area contributed by atoms with Gasteiger partial charge in [-0.25, -0.2) is 0 Å². The van der Waals surface area contributed by atoms with E-state index in [2.05, 4.69) is 10.6 Å². The number of carbonyl (C=O) groups is 2. The van der Waals surface area contributed by atoms with E-state index in [0.717, 1.165) is 6.42 Å². The molecule has 5 heteroatoms. The van der Waals surface area contributed by atoms with Gasteiger partial charge in [0.25, 0.3) is 0 Å². The molecule has 94 valence electrons. The van der Waals surface area contributed by atoms with Gasteiger partial charge in [-0.15, -0.1) is 0 Å². The van der Waals surface area contributed by atoms with E-state index in [1.54, 1.807) is 6.92 Å². The SMILES string of the molecule is CCCNC(=O)CNC(CC)C(=O)OCC. The number of hydrogen-bond donors (Lipinski definition) is 2. The summed E-state index contributed by atoms with van der Waals surface area (Å²) in [5.74, 6) is -0.391. The van der Waals surface area contributed by atoms with Crippen LogP contribution < -0.4 is 10.6 Å². The molecule has 0 aromatic heterocycles. The number of hydrogen-bond acceptors (Lipinski definition) is 4. The van der Waals surface area contributed by atoms with Crippen molar-refractivity contribution in [3.63, 3.8) is 0 Å². The summed E-state index contributed by atoms with van der Waals surface area (Å²) in [4.78, 5) is 22.7.